The number of azo groups is 2. The Kier molecular flexibility index (Phi) is 16.7. The van der Waals surface area contributed by atoms with Crippen molar-refractivity contribution in [2.75, 3.05) is 13.1 Å². The summed E-state index contributed by atoms with van der Waals surface area (Å²) in [5.41, 5.74) is 7.55. The van der Waals surface area contributed by atoms with E-state index in [1.807, 2.05) is 36.4 Å². The molecule has 4 aromatic rings. The summed E-state index contributed by atoms with van der Waals surface area (Å²) in [6, 6.07) is 23.9. The van der Waals surface area contributed by atoms with Crippen LogP contribution in [-0.2, 0) is 23.7 Å². The predicted octanol–water partition coefficient (Wildman–Crippen LogP) is 14.3. The molecule has 0 fully saturated rings. The van der Waals surface area contributed by atoms with Crippen LogP contribution < -0.4 is 0 Å². The van der Waals surface area contributed by atoms with Crippen molar-refractivity contribution in [1.29, 1.82) is 0 Å². The fraction of sp³-hybridized carbons (Fsp3) is 0.458. The van der Waals surface area contributed by atoms with Gasteiger partial charge >= 0.3 is 0 Å². The Bertz CT molecular complexity index is 1800. The van der Waals surface area contributed by atoms with Crippen molar-refractivity contribution >= 4 is 35.2 Å². The highest BCUT2D eigenvalue weighted by Crippen LogP contribution is 2.38. The molecule has 0 aliphatic heterocycles. The minimum absolute atomic E-state index is 0.181. The number of aryl methyl sites for hydroxylation is 2. The molecular formula is C48H64N6O2. The Labute approximate surface area is 336 Å². The average molecular weight is 757 g/mol. The van der Waals surface area contributed by atoms with Crippen molar-refractivity contribution in [1.82, 2.24) is 0 Å². The molecule has 0 unspecified atom stereocenters. The highest BCUT2D eigenvalue weighted by atomic mass is 16.3. The van der Waals surface area contributed by atoms with Crippen LogP contribution in [0.15, 0.2) is 103 Å². The van der Waals surface area contributed by atoms with Crippen LogP contribution in [0.4, 0.5) is 22.7 Å². The lowest BCUT2D eigenvalue weighted by Gasteiger charge is -2.21. The van der Waals surface area contributed by atoms with E-state index < -0.39 is 0 Å². The third kappa shape index (κ3) is 13.9. The van der Waals surface area contributed by atoms with Crippen LogP contribution in [0.5, 0.6) is 11.5 Å². The number of hydrogen-bond donors (Lipinski definition) is 2. The van der Waals surface area contributed by atoms with Crippen LogP contribution in [0.2, 0.25) is 0 Å². The van der Waals surface area contributed by atoms with Gasteiger partial charge in [-0.3, -0.25) is 9.98 Å². The number of aromatic hydroxyl groups is 2. The highest BCUT2D eigenvalue weighted by molar-refractivity contribution is 5.87. The van der Waals surface area contributed by atoms with Crippen molar-refractivity contribution in [3.05, 3.63) is 106 Å². The van der Waals surface area contributed by atoms with E-state index in [0.29, 0.717) is 35.6 Å². The van der Waals surface area contributed by atoms with Gasteiger partial charge in [-0.25, -0.2) is 0 Å². The lowest BCUT2D eigenvalue weighted by atomic mass is 9.85. The number of rotatable bonds is 19. The Morgan fingerprint density at radius 2 is 0.821 bits per heavy atom. The summed E-state index contributed by atoms with van der Waals surface area (Å²) in [4.78, 5) is 9.17. The fourth-order valence-electron chi connectivity index (χ4n) is 6.38. The standard InChI is InChI=1S/C48H64N6O2/c1-9-11-13-15-17-35-19-23-39(24-20-35)51-53-41-29-37(45(55)43(31-41)47(3,4)5)33-49-27-28-50-34-38-30-42(32-44(46(38)56)48(6,7)8)54-52-40-25-21-36(22-26-40)18-16-14-12-10-2/h19-26,29-34,55-56H,9-18,27-28H2,1-8H3. The molecule has 0 amide bonds. The van der Waals surface area contributed by atoms with Crippen LogP contribution in [-0.4, -0.2) is 35.7 Å². The molecule has 4 aromatic carbocycles. The van der Waals surface area contributed by atoms with Gasteiger partial charge in [-0.2, -0.15) is 20.5 Å². The highest BCUT2D eigenvalue weighted by Gasteiger charge is 2.22. The number of benzene rings is 4. The van der Waals surface area contributed by atoms with Gasteiger partial charge in [-0.1, -0.05) is 118 Å². The van der Waals surface area contributed by atoms with Gasteiger partial charge in [0.15, 0.2) is 0 Å². The zero-order valence-electron chi connectivity index (χ0n) is 35.1. The van der Waals surface area contributed by atoms with Crippen LogP contribution in [0.25, 0.3) is 0 Å². The lowest BCUT2D eigenvalue weighted by Crippen LogP contribution is -2.12. The van der Waals surface area contributed by atoms with Crippen molar-refractivity contribution in [2.45, 2.75) is 130 Å². The molecule has 56 heavy (non-hydrogen) atoms. The van der Waals surface area contributed by atoms with Crippen molar-refractivity contribution < 1.29 is 10.2 Å². The largest absolute Gasteiger partial charge is 0.507 e. The first-order valence-corrected chi connectivity index (χ1v) is 20.5. The molecule has 8 heteroatoms. The van der Waals surface area contributed by atoms with E-state index >= 15 is 0 Å². The average Bonchev–Trinajstić information content (AvgIpc) is 3.16. The smallest absolute Gasteiger partial charge is 0.128 e. The van der Waals surface area contributed by atoms with Gasteiger partial charge in [0.25, 0.3) is 0 Å². The molecular weight excluding hydrogens is 693 g/mol. The van der Waals surface area contributed by atoms with Gasteiger partial charge in [-0.05, 0) is 96.2 Å². The Morgan fingerprint density at radius 1 is 0.464 bits per heavy atom. The van der Waals surface area contributed by atoms with E-state index in [0.717, 1.165) is 35.3 Å². The molecule has 8 nitrogen and oxygen atoms in total. The zero-order chi connectivity index (χ0) is 40.6. The zero-order valence-corrected chi connectivity index (χ0v) is 35.1. The molecule has 0 radical (unpaired) electrons. The fourth-order valence-corrected chi connectivity index (χ4v) is 6.38. The van der Waals surface area contributed by atoms with Gasteiger partial charge in [0, 0.05) is 34.7 Å². The first-order chi connectivity index (χ1) is 26.8. The lowest BCUT2D eigenvalue weighted by molar-refractivity contribution is 0.445. The van der Waals surface area contributed by atoms with Gasteiger partial charge in [0.05, 0.1) is 35.8 Å². The molecule has 0 atom stereocenters. The number of phenolic OH excluding ortho intramolecular Hbond substituents is 2. The van der Waals surface area contributed by atoms with Crippen molar-refractivity contribution in [2.24, 2.45) is 30.4 Å². The second-order valence-electron chi connectivity index (χ2n) is 16.8. The molecule has 2 N–H and O–H groups in total. The van der Waals surface area contributed by atoms with Crippen LogP contribution >= 0.6 is 0 Å². The van der Waals surface area contributed by atoms with Gasteiger partial charge < -0.3 is 10.2 Å². The molecule has 0 heterocycles. The summed E-state index contributed by atoms with van der Waals surface area (Å²) in [6.45, 7) is 17.6. The van der Waals surface area contributed by atoms with Crippen LogP contribution in [0, 0.1) is 0 Å². The van der Waals surface area contributed by atoms with Crippen LogP contribution in [0.1, 0.15) is 140 Å². The molecule has 4 rings (SSSR count). The van der Waals surface area contributed by atoms with E-state index in [9.17, 15) is 10.2 Å². The molecule has 0 bridgehead atoms. The van der Waals surface area contributed by atoms with Gasteiger partial charge in [0.2, 0.25) is 0 Å². The normalized spacial score (nSPS) is 12.6. The molecule has 0 spiro atoms. The maximum Gasteiger partial charge on any atom is 0.128 e. The first kappa shape index (κ1) is 43.7. The number of hydrogen-bond acceptors (Lipinski definition) is 8. The van der Waals surface area contributed by atoms with E-state index in [4.69, 9.17) is 0 Å². The molecule has 0 aromatic heterocycles. The topological polar surface area (TPSA) is 115 Å². The maximum absolute atomic E-state index is 11.2. The number of unbranched alkanes of at least 4 members (excludes halogenated alkanes) is 6. The van der Waals surface area contributed by atoms with Gasteiger partial charge in [0.1, 0.15) is 11.5 Å². The Balaban J connectivity index is 1.44. The Morgan fingerprint density at radius 3 is 1.16 bits per heavy atom. The molecule has 0 aliphatic rings. The van der Waals surface area contributed by atoms with E-state index in [2.05, 4.69) is 110 Å². The minimum atomic E-state index is -0.317. The third-order valence-electron chi connectivity index (χ3n) is 9.76. The predicted molar refractivity (Wildman–Crippen MR) is 235 cm³/mol. The molecule has 0 saturated heterocycles. The SMILES string of the molecule is CCCCCCc1ccc(N=Nc2cc(C=NCCN=Cc3cc(N=Nc4ccc(CCCCCC)cc4)cc(C(C)(C)C)c3O)c(O)c(C(C)(C)C)c2)cc1. The van der Waals surface area contributed by atoms with E-state index in [1.54, 1.807) is 24.6 Å². The second-order valence-corrected chi connectivity index (χ2v) is 16.8. The third-order valence-corrected chi connectivity index (χ3v) is 9.76. The minimum Gasteiger partial charge on any atom is -0.507 e. The van der Waals surface area contributed by atoms with E-state index in [-0.39, 0.29) is 22.3 Å². The molecule has 0 saturated carbocycles. The summed E-state index contributed by atoms with van der Waals surface area (Å²) in [5.74, 6) is 0.361. The summed E-state index contributed by atoms with van der Waals surface area (Å²) in [5, 5.41) is 40.5. The quantitative estimate of drug-likeness (QED) is 0.0563. The monoisotopic (exact) mass is 757 g/mol. The van der Waals surface area contributed by atoms with E-state index in [1.165, 1.54) is 62.5 Å². The summed E-state index contributed by atoms with van der Waals surface area (Å²) < 4.78 is 0. The summed E-state index contributed by atoms with van der Waals surface area (Å²) >= 11 is 0. The number of aliphatic imine (C=N–C) groups is 2. The van der Waals surface area contributed by atoms with Crippen molar-refractivity contribution in [3.8, 4) is 11.5 Å². The summed E-state index contributed by atoms with van der Waals surface area (Å²) in [6.07, 6.45) is 15.4. The van der Waals surface area contributed by atoms with Crippen molar-refractivity contribution in [3.63, 3.8) is 0 Å². The molecule has 0 aliphatic carbocycles. The molecule has 298 valence electrons. The first-order valence-electron chi connectivity index (χ1n) is 20.5. The summed E-state index contributed by atoms with van der Waals surface area (Å²) in [7, 11) is 0. The van der Waals surface area contributed by atoms with Crippen LogP contribution in [0.3, 0.4) is 0 Å². The Hall–Kier alpha value is -4.98. The van der Waals surface area contributed by atoms with Gasteiger partial charge in [-0.15, -0.1) is 0 Å². The number of nitrogens with zero attached hydrogens (tertiary/aromatic N) is 6. The number of phenols is 2. The second kappa shape index (κ2) is 21.4. The maximum atomic E-state index is 11.2.